The standard InChI is InChI=1S/C13H21BrN4O2/c1-10-12(16(2)5-6-19)3-4-18(10)13(20)9-17-8-11(14)7-15-17/h7-8,10,12,19H,3-6,9H2,1-2H3/t10-,12-/m1/s1. The minimum absolute atomic E-state index is 0.0907. The third kappa shape index (κ3) is 3.39. The number of halogens is 1. The maximum atomic E-state index is 12.3. The molecule has 1 fully saturated rings. The van der Waals surface area contributed by atoms with Crippen LogP contribution in [0.5, 0.6) is 0 Å². The molecule has 2 heterocycles. The molecule has 6 nitrogen and oxygen atoms in total. The molecule has 0 radical (unpaired) electrons. The third-order valence-electron chi connectivity index (χ3n) is 3.95. The van der Waals surface area contributed by atoms with Gasteiger partial charge in [-0.3, -0.25) is 14.4 Å². The second kappa shape index (κ2) is 6.69. The van der Waals surface area contributed by atoms with Crippen molar-refractivity contribution in [3.8, 4) is 0 Å². The fraction of sp³-hybridized carbons (Fsp3) is 0.692. The van der Waals surface area contributed by atoms with Crippen molar-refractivity contribution in [2.45, 2.75) is 32.0 Å². The molecule has 20 heavy (non-hydrogen) atoms. The fourth-order valence-corrected chi connectivity index (χ4v) is 3.17. The Kier molecular flexibility index (Phi) is 5.17. The van der Waals surface area contributed by atoms with Crippen LogP contribution in [0, 0.1) is 0 Å². The van der Waals surface area contributed by atoms with Gasteiger partial charge in [-0.2, -0.15) is 5.10 Å². The van der Waals surface area contributed by atoms with Crippen LogP contribution >= 0.6 is 15.9 Å². The molecule has 0 aromatic carbocycles. The highest BCUT2D eigenvalue weighted by Gasteiger charge is 2.35. The second-order valence-electron chi connectivity index (χ2n) is 5.24. The lowest BCUT2D eigenvalue weighted by Gasteiger charge is -2.30. The largest absolute Gasteiger partial charge is 0.395 e. The molecule has 1 amide bonds. The molecule has 1 aliphatic rings. The van der Waals surface area contributed by atoms with Gasteiger partial charge in [-0.15, -0.1) is 0 Å². The van der Waals surface area contributed by atoms with Crippen LogP contribution in [0.2, 0.25) is 0 Å². The van der Waals surface area contributed by atoms with E-state index in [2.05, 4.69) is 32.9 Å². The van der Waals surface area contributed by atoms with E-state index >= 15 is 0 Å². The van der Waals surface area contributed by atoms with Gasteiger partial charge in [-0.05, 0) is 36.3 Å². The van der Waals surface area contributed by atoms with Crippen molar-refractivity contribution in [2.24, 2.45) is 0 Å². The predicted octanol–water partition coefficient (Wildman–Crippen LogP) is 0.559. The van der Waals surface area contributed by atoms with E-state index in [0.717, 1.165) is 17.4 Å². The minimum atomic E-state index is 0.0907. The number of likely N-dealkylation sites (tertiary alicyclic amines) is 1. The van der Waals surface area contributed by atoms with Crippen molar-refractivity contribution in [1.29, 1.82) is 0 Å². The summed E-state index contributed by atoms with van der Waals surface area (Å²) in [5.41, 5.74) is 0. The Morgan fingerprint density at radius 1 is 1.65 bits per heavy atom. The highest BCUT2D eigenvalue weighted by molar-refractivity contribution is 9.10. The molecular formula is C13H21BrN4O2. The highest BCUT2D eigenvalue weighted by atomic mass is 79.9. The van der Waals surface area contributed by atoms with Gasteiger partial charge in [0.2, 0.25) is 5.91 Å². The van der Waals surface area contributed by atoms with Gasteiger partial charge in [0, 0.05) is 31.4 Å². The summed E-state index contributed by atoms with van der Waals surface area (Å²) < 4.78 is 2.52. The summed E-state index contributed by atoms with van der Waals surface area (Å²) in [6.07, 6.45) is 4.43. The molecule has 112 valence electrons. The van der Waals surface area contributed by atoms with Gasteiger partial charge in [0.25, 0.3) is 0 Å². The van der Waals surface area contributed by atoms with Gasteiger partial charge in [-0.1, -0.05) is 0 Å². The minimum Gasteiger partial charge on any atom is -0.395 e. The van der Waals surface area contributed by atoms with Crippen molar-refractivity contribution < 1.29 is 9.90 Å². The molecule has 0 unspecified atom stereocenters. The zero-order chi connectivity index (χ0) is 14.7. The molecule has 1 aromatic rings. The quantitative estimate of drug-likeness (QED) is 0.847. The van der Waals surface area contributed by atoms with Crippen LogP contribution in [0.25, 0.3) is 0 Å². The highest BCUT2D eigenvalue weighted by Crippen LogP contribution is 2.22. The molecular weight excluding hydrogens is 324 g/mol. The number of hydrogen-bond acceptors (Lipinski definition) is 4. The van der Waals surface area contributed by atoms with Crippen LogP contribution in [-0.4, -0.2) is 69.4 Å². The van der Waals surface area contributed by atoms with E-state index in [1.165, 1.54) is 0 Å². The van der Waals surface area contributed by atoms with Crippen LogP contribution in [0.1, 0.15) is 13.3 Å². The zero-order valence-corrected chi connectivity index (χ0v) is 13.5. The maximum absolute atomic E-state index is 12.3. The number of amides is 1. The molecule has 1 saturated heterocycles. The summed E-state index contributed by atoms with van der Waals surface area (Å²) in [6.45, 7) is 3.90. The number of hydrogen-bond donors (Lipinski definition) is 1. The Balaban J connectivity index is 1.94. The van der Waals surface area contributed by atoms with Crippen molar-refractivity contribution >= 4 is 21.8 Å². The Morgan fingerprint density at radius 2 is 2.40 bits per heavy atom. The van der Waals surface area contributed by atoms with Crippen molar-refractivity contribution in [1.82, 2.24) is 19.6 Å². The number of aromatic nitrogens is 2. The van der Waals surface area contributed by atoms with E-state index in [1.54, 1.807) is 17.1 Å². The molecule has 0 saturated carbocycles. The molecule has 2 rings (SSSR count). The van der Waals surface area contributed by atoms with E-state index in [1.807, 2.05) is 11.9 Å². The van der Waals surface area contributed by atoms with Crippen LogP contribution in [0.4, 0.5) is 0 Å². The van der Waals surface area contributed by atoms with Crippen LogP contribution in [0.3, 0.4) is 0 Å². The fourth-order valence-electron chi connectivity index (χ4n) is 2.84. The van der Waals surface area contributed by atoms with E-state index in [-0.39, 0.29) is 25.1 Å². The molecule has 0 aliphatic carbocycles. The summed E-state index contributed by atoms with van der Waals surface area (Å²) >= 11 is 3.32. The first-order valence-corrected chi connectivity index (χ1v) is 7.60. The van der Waals surface area contributed by atoms with E-state index < -0.39 is 0 Å². The van der Waals surface area contributed by atoms with E-state index in [0.29, 0.717) is 12.6 Å². The summed E-state index contributed by atoms with van der Waals surface area (Å²) in [6, 6.07) is 0.480. The topological polar surface area (TPSA) is 61.6 Å². The average molecular weight is 345 g/mol. The second-order valence-corrected chi connectivity index (χ2v) is 6.16. The number of carbonyl (C=O) groups is 1. The maximum Gasteiger partial charge on any atom is 0.244 e. The molecule has 7 heteroatoms. The van der Waals surface area contributed by atoms with Crippen molar-refractivity contribution in [2.75, 3.05) is 26.7 Å². The number of aliphatic hydroxyl groups excluding tert-OH is 1. The van der Waals surface area contributed by atoms with Gasteiger partial charge < -0.3 is 10.0 Å². The van der Waals surface area contributed by atoms with Crippen LogP contribution < -0.4 is 0 Å². The van der Waals surface area contributed by atoms with Gasteiger partial charge in [-0.25, -0.2) is 0 Å². The van der Waals surface area contributed by atoms with Gasteiger partial charge in [0.05, 0.1) is 17.3 Å². The van der Waals surface area contributed by atoms with Gasteiger partial charge in [0.1, 0.15) is 6.54 Å². The van der Waals surface area contributed by atoms with Crippen LogP contribution in [0.15, 0.2) is 16.9 Å². The molecule has 1 aliphatic heterocycles. The Hall–Kier alpha value is -0.920. The van der Waals surface area contributed by atoms with E-state index in [9.17, 15) is 4.79 Å². The summed E-state index contributed by atoms with van der Waals surface area (Å²) in [5.74, 6) is 0.0907. The molecule has 0 spiro atoms. The zero-order valence-electron chi connectivity index (χ0n) is 11.9. The number of rotatable bonds is 5. The van der Waals surface area contributed by atoms with Gasteiger partial charge >= 0.3 is 0 Å². The smallest absolute Gasteiger partial charge is 0.244 e. The Labute approximate surface area is 127 Å². The van der Waals surface area contributed by atoms with Crippen molar-refractivity contribution in [3.05, 3.63) is 16.9 Å². The first kappa shape index (κ1) is 15.5. The SMILES string of the molecule is C[C@@H]1[C@H](N(C)CCO)CCN1C(=O)Cn1cc(Br)cn1. The molecule has 2 atom stereocenters. The number of carbonyl (C=O) groups excluding carboxylic acids is 1. The first-order valence-electron chi connectivity index (χ1n) is 6.81. The lowest BCUT2D eigenvalue weighted by atomic mass is 10.1. The lowest BCUT2D eigenvalue weighted by Crippen LogP contribution is -2.45. The summed E-state index contributed by atoms with van der Waals surface area (Å²) in [4.78, 5) is 16.4. The predicted molar refractivity (Wildman–Crippen MR) is 79.2 cm³/mol. The Morgan fingerprint density at radius 3 is 3.00 bits per heavy atom. The molecule has 1 aromatic heterocycles. The summed E-state index contributed by atoms with van der Waals surface area (Å²) in [7, 11) is 2.00. The van der Waals surface area contributed by atoms with E-state index in [4.69, 9.17) is 5.11 Å². The normalized spacial score (nSPS) is 22.8. The Bertz CT molecular complexity index is 465. The molecule has 0 bridgehead atoms. The molecule has 1 N–H and O–H groups in total. The average Bonchev–Trinajstić information content (AvgIpc) is 2.96. The first-order chi connectivity index (χ1) is 9.52. The number of aliphatic hydroxyl groups is 1. The summed E-state index contributed by atoms with van der Waals surface area (Å²) in [5, 5.41) is 13.1. The lowest BCUT2D eigenvalue weighted by molar-refractivity contribution is -0.133. The van der Waals surface area contributed by atoms with Gasteiger partial charge in [0.15, 0.2) is 0 Å². The monoisotopic (exact) mass is 344 g/mol. The number of likely N-dealkylation sites (N-methyl/N-ethyl adjacent to an activating group) is 1. The third-order valence-corrected chi connectivity index (χ3v) is 4.36. The van der Waals surface area contributed by atoms with Crippen molar-refractivity contribution in [3.63, 3.8) is 0 Å². The van der Waals surface area contributed by atoms with Crippen LogP contribution in [-0.2, 0) is 11.3 Å². The number of nitrogens with zero attached hydrogens (tertiary/aromatic N) is 4.